The lowest BCUT2D eigenvalue weighted by Gasteiger charge is -2.21. The van der Waals surface area contributed by atoms with Gasteiger partial charge in [0.1, 0.15) is 5.82 Å². The highest BCUT2D eigenvalue weighted by molar-refractivity contribution is 7.89. The van der Waals surface area contributed by atoms with E-state index in [2.05, 4.69) is 20.3 Å². The molecule has 0 fully saturated rings. The van der Waals surface area contributed by atoms with Gasteiger partial charge in [-0.15, -0.1) is 0 Å². The van der Waals surface area contributed by atoms with E-state index in [0.29, 0.717) is 5.82 Å². The SMILES string of the molecule is Cc1nc(S(=O)(=O)NCCC(=O)OC(C)C(=O)NC(=O)NC(C)(C)C)cn1C. The second kappa shape index (κ2) is 9.15. The van der Waals surface area contributed by atoms with E-state index in [-0.39, 0.29) is 18.0 Å². The van der Waals surface area contributed by atoms with Crippen LogP contribution in [0.1, 0.15) is 39.9 Å². The fraction of sp³-hybridized carbons (Fsp3) is 0.625. The number of sulfonamides is 1. The van der Waals surface area contributed by atoms with E-state index in [1.54, 1.807) is 39.3 Å². The molecular formula is C16H27N5O6S. The van der Waals surface area contributed by atoms with Crippen molar-refractivity contribution in [3.63, 3.8) is 0 Å². The van der Waals surface area contributed by atoms with Gasteiger partial charge in [-0.1, -0.05) is 0 Å². The summed E-state index contributed by atoms with van der Waals surface area (Å²) in [5, 5.41) is 4.44. The fourth-order valence-corrected chi connectivity index (χ4v) is 2.98. The largest absolute Gasteiger partial charge is 0.452 e. The zero-order valence-corrected chi connectivity index (χ0v) is 17.6. The molecule has 1 aromatic rings. The summed E-state index contributed by atoms with van der Waals surface area (Å²) in [5.41, 5.74) is -0.534. The number of aromatic nitrogens is 2. The molecular weight excluding hydrogens is 390 g/mol. The molecule has 1 rings (SSSR count). The number of nitrogens with zero attached hydrogens (tertiary/aromatic N) is 2. The molecule has 0 saturated carbocycles. The van der Waals surface area contributed by atoms with Crippen LogP contribution in [0.4, 0.5) is 4.79 Å². The van der Waals surface area contributed by atoms with E-state index in [9.17, 15) is 22.8 Å². The lowest BCUT2D eigenvalue weighted by Crippen LogP contribution is -2.50. The molecule has 0 bridgehead atoms. The third kappa shape index (κ3) is 7.64. The number of imide groups is 1. The molecule has 1 heterocycles. The number of hydrogen-bond donors (Lipinski definition) is 3. The van der Waals surface area contributed by atoms with E-state index in [1.165, 1.54) is 13.1 Å². The van der Waals surface area contributed by atoms with Gasteiger partial charge in [0, 0.05) is 25.3 Å². The zero-order valence-electron chi connectivity index (χ0n) is 16.8. The first-order valence-electron chi connectivity index (χ1n) is 8.53. The second-order valence-corrected chi connectivity index (χ2v) is 8.92. The van der Waals surface area contributed by atoms with Crippen molar-refractivity contribution in [2.24, 2.45) is 7.05 Å². The van der Waals surface area contributed by atoms with Crippen molar-refractivity contribution < 1.29 is 27.5 Å². The zero-order chi connectivity index (χ0) is 21.7. The van der Waals surface area contributed by atoms with Gasteiger partial charge in [-0.05, 0) is 34.6 Å². The molecule has 0 aliphatic rings. The van der Waals surface area contributed by atoms with Crippen molar-refractivity contribution in [1.82, 2.24) is 24.9 Å². The van der Waals surface area contributed by atoms with Gasteiger partial charge in [0.05, 0.1) is 6.42 Å². The summed E-state index contributed by atoms with van der Waals surface area (Å²) in [6.07, 6.45) is -0.157. The van der Waals surface area contributed by atoms with Gasteiger partial charge in [0.15, 0.2) is 11.1 Å². The maximum Gasteiger partial charge on any atom is 0.321 e. The minimum Gasteiger partial charge on any atom is -0.452 e. The molecule has 11 nitrogen and oxygen atoms in total. The van der Waals surface area contributed by atoms with Gasteiger partial charge in [-0.25, -0.2) is 22.9 Å². The van der Waals surface area contributed by atoms with Crippen molar-refractivity contribution in [3.8, 4) is 0 Å². The van der Waals surface area contributed by atoms with Crippen molar-refractivity contribution in [1.29, 1.82) is 0 Å². The van der Waals surface area contributed by atoms with Crippen molar-refractivity contribution >= 4 is 27.9 Å². The highest BCUT2D eigenvalue weighted by Gasteiger charge is 2.23. The molecule has 158 valence electrons. The maximum absolute atomic E-state index is 12.1. The Morgan fingerprint density at radius 3 is 2.39 bits per heavy atom. The van der Waals surface area contributed by atoms with Crippen molar-refractivity contribution in [3.05, 3.63) is 12.0 Å². The molecule has 0 aromatic carbocycles. The van der Waals surface area contributed by atoms with Crippen LogP contribution in [-0.4, -0.2) is 54.1 Å². The highest BCUT2D eigenvalue weighted by Crippen LogP contribution is 2.07. The smallest absolute Gasteiger partial charge is 0.321 e. The van der Waals surface area contributed by atoms with Gasteiger partial charge in [0.2, 0.25) is 0 Å². The van der Waals surface area contributed by atoms with Gasteiger partial charge in [0.25, 0.3) is 15.9 Å². The van der Waals surface area contributed by atoms with E-state index < -0.39 is 39.6 Å². The number of esters is 1. The van der Waals surface area contributed by atoms with Gasteiger partial charge < -0.3 is 14.6 Å². The molecule has 1 atom stereocenters. The summed E-state index contributed by atoms with van der Waals surface area (Å²) in [4.78, 5) is 39.2. The molecule has 1 aromatic heterocycles. The first-order valence-corrected chi connectivity index (χ1v) is 10.0. The summed E-state index contributed by atoms with van der Waals surface area (Å²) in [6.45, 7) is 7.97. The number of imidazole rings is 1. The molecule has 3 amide bonds. The molecule has 0 spiro atoms. The number of aryl methyl sites for hydroxylation is 2. The molecule has 1 unspecified atom stereocenters. The lowest BCUT2D eigenvalue weighted by atomic mass is 10.1. The highest BCUT2D eigenvalue weighted by atomic mass is 32.2. The van der Waals surface area contributed by atoms with Crippen LogP contribution in [-0.2, 0) is 31.4 Å². The number of nitrogens with one attached hydrogen (secondary N) is 3. The summed E-state index contributed by atoms with van der Waals surface area (Å²) < 4.78 is 32.9. The standard InChI is InChI=1S/C16H27N5O6S/c1-10(14(23)19-15(24)20-16(3,4)5)27-13(22)7-8-17-28(25,26)12-9-21(6)11(2)18-12/h9-10,17H,7-8H2,1-6H3,(H2,19,20,23,24). The first-order chi connectivity index (χ1) is 12.7. The monoisotopic (exact) mass is 417 g/mol. The summed E-state index contributed by atoms with van der Waals surface area (Å²) in [6, 6.07) is -0.709. The number of carbonyl (C=O) groups excluding carboxylic acids is 3. The van der Waals surface area contributed by atoms with Gasteiger partial charge in [-0.3, -0.25) is 14.9 Å². The van der Waals surface area contributed by atoms with Crippen molar-refractivity contribution in [2.45, 2.75) is 57.7 Å². The minimum absolute atomic E-state index is 0.154. The Morgan fingerprint density at radius 2 is 1.89 bits per heavy atom. The molecule has 0 aliphatic heterocycles. The van der Waals surface area contributed by atoms with Gasteiger partial charge >= 0.3 is 12.0 Å². The maximum atomic E-state index is 12.1. The lowest BCUT2D eigenvalue weighted by molar-refractivity contribution is -0.154. The third-order valence-corrected chi connectivity index (χ3v) is 4.72. The summed E-state index contributed by atoms with van der Waals surface area (Å²) in [5.74, 6) is -1.06. The van der Waals surface area contributed by atoms with Crippen LogP contribution >= 0.6 is 0 Å². The number of urea groups is 1. The van der Waals surface area contributed by atoms with Crippen LogP contribution in [0.3, 0.4) is 0 Å². The molecule has 0 radical (unpaired) electrons. The van der Waals surface area contributed by atoms with E-state index in [1.807, 2.05) is 0 Å². The van der Waals surface area contributed by atoms with Crippen molar-refractivity contribution in [2.75, 3.05) is 6.54 Å². The predicted octanol–water partition coefficient (Wildman–Crippen LogP) is -0.0471. The number of rotatable bonds is 7. The summed E-state index contributed by atoms with van der Waals surface area (Å²) in [7, 11) is -2.20. The molecule has 12 heteroatoms. The third-order valence-electron chi connectivity index (χ3n) is 3.39. The van der Waals surface area contributed by atoms with E-state index in [0.717, 1.165) is 0 Å². The Morgan fingerprint density at radius 1 is 1.29 bits per heavy atom. The van der Waals surface area contributed by atoms with Crippen LogP contribution in [0.15, 0.2) is 11.2 Å². The number of amides is 3. The van der Waals surface area contributed by atoms with Crippen LogP contribution < -0.4 is 15.4 Å². The Kier molecular flexibility index (Phi) is 7.70. The number of ether oxygens (including phenoxy) is 1. The predicted molar refractivity (Wildman–Crippen MR) is 99.7 cm³/mol. The van der Waals surface area contributed by atoms with Crippen LogP contribution in [0.5, 0.6) is 0 Å². The van der Waals surface area contributed by atoms with Crippen LogP contribution in [0.2, 0.25) is 0 Å². The van der Waals surface area contributed by atoms with E-state index >= 15 is 0 Å². The normalized spacial score (nSPS) is 12.9. The Labute approximate surface area is 164 Å². The van der Waals surface area contributed by atoms with E-state index in [4.69, 9.17) is 4.74 Å². The Hall–Kier alpha value is -2.47. The minimum atomic E-state index is -3.86. The average molecular weight is 417 g/mol. The molecule has 3 N–H and O–H groups in total. The summed E-state index contributed by atoms with van der Waals surface area (Å²) >= 11 is 0. The number of carbonyl (C=O) groups is 3. The fourth-order valence-electron chi connectivity index (χ4n) is 1.91. The molecule has 28 heavy (non-hydrogen) atoms. The number of hydrogen-bond acceptors (Lipinski definition) is 7. The Balaban J connectivity index is 2.45. The van der Waals surface area contributed by atoms with Crippen LogP contribution in [0.25, 0.3) is 0 Å². The molecule has 0 aliphatic carbocycles. The Bertz CT molecular complexity index is 821. The second-order valence-electron chi connectivity index (χ2n) is 7.21. The topological polar surface area (TPSA) is 148 Å². The van der Waals surface area contributed by atoms with Crippen LogP contribution in [0, 0.1) is 6.92 Å². The molecule has 0 saturated heterocycles. The van der Waals surface area contributed by atoms with Gasteiger partial charge in [-0.2, -0.15) is 0 Å². The quantitative estimate of drug-likeness (QED) is 0.527. The average Bonchev–Trinajstić information content (AvgIpc) is 2.85. The first kappa shape index (κ1) is 23.6.